The van der Waals surface area contributed by atoms with E-state index in [2.05, 4.69) is 114 Å². The second-order valence-electron chi connectivity index (χ2n) is 12.4. The molecule has 0 aliphatic carbocycles. The van der Waals surface area contributed by atoms with Crippen molar-refractivity contribution in [3.05, 3.63) is 170 Å². The molecule has 0 aliphatic rings. The predicted molar refractivity (Wildman–Crippen MR) is 203 cm³/mol. The fourth-order valence-corrected chi connectivity index (χ4v) is 7.36. The van der Waals surface area contributed by atoms with Crippen LogP contribution in [0.1, 0.15) is 0 Å². The highest BCUT2D eigenvalue weighted by atomic mass is 15.0. The third-order valence-corrected chi connectivity index (χ3v) is 9.62. The van der Waals surface area contributed by atoms with Crippen LogP contribution in [0.25, 0.3) is 94.0 Å². The average molecular weight is 625 g/mol. The highest BCUT2D eigenvalue weighted by Gasteiger charge is 2.17. The Morgan fingerprint density at radius 1 is 0.286 bits per heavy atom. The first-order valence-electron chi connectivity index (χ1n) is 16.5. The summed E-state index contributed by atoms with van der Waals surface area (Å²) in [5, 5.41) is 9.75. The number of hydrogen-bond acceptors (Lipinski definition) is 3. The molecule has 0 N–H and O–H groups in total. The molecule has 0 saturated heterocycles. The Balaban J connectivity index is 1.25. The zero-order chi connectivity index (χ0) is 32.3. The Hall–Kier alpha value is -6.65. The summed E-state index contributed by atoms with van der Waals surface area (Å²) in [6, 6.07) is 59.9. The lowest BCUT2D eigenvalue weighted by Gasteiger charge is -2.15. The van der Waals surface area contributed by atoms with Crippen LogP contribution in [0, 0.1) is 0 Å². The van der Waals surface area contributed by atoms with Crippen molar-refractivity contribution in [3.63, 3.8) is 0 Å². The summed E-state index contributed by atoms with van der Waals surface area (Å²) in [5.41, 5.74) is 6.38. The van der Waals surface area contributed by atoms with E-state index in [1.54, 1.807) is 0 Å². The number of nitrogens with zero attached hydrogens (tertiary/aromatic N) is 4. The molecule has 0 spiro atoms. The predicted octanol–water partition coefficient (Wildman–Crippen LogP) is 11.4. The Kier molecular flexibility index (Phi) is 6.15. The van der Waals surface area contributed by atoms with E-state index in [9.17, 15) is 0 Å². The van der Waals surface area contributed by atoms with Crippen LogP contribution < -0.4 is 0 Å². The number of rotatable bonds is 4. The number of fused-ring (bicyclic) bond motifs is 9. The molecule has 0 fully saturated rings. The van der Waals surface area contributed by atoms with E-state index >= 15 is 0 Å². The van der Waals surface area contributed by atoms with E-state index in [1.807, 2.05) is 60.7 Å². The van der Waals surface area contributed by atoms with E-state index < -0.39 is 0 Å². The van der Waals surface area contributed by atoms with Crippen molar-refractivity contribution < 1.29 is 0 Å². The van der Waals surface area contributed by atoms with Crippen molar-refractivity contribution in [2.75, 3.05) is 0 Å². The minimum absolute atomic E-state index is 0.648. The van der Waals surface area contributed by atoms with E-state index in [-0.39, 0.29) is 0 Å². The highest BCUT2D eigenvalue weighted by molar-refractivity contribution is 6.26. The number of benzene rings is 8. The van der Waals surface area contributed by atoms with Gasteiger partial charge in [-0.15, -0.1) is 0 Å². The minimum atomic E-state index is 0.648. The number of hydrogen-bond donors (Lipinski definition) is 0. The smallest absolute Gasteiger partial charge is 0.164 e. The van der Waals surface area contributed by atoms with Gasteiger partial charge in [-0.2, -0.15) is 0 Å². The molecule has 0 amide bonds. The fourth-order valence-electron chi connectivity index (χ4n) is 7.36. The number of aromatic nitrogens is 4. The Morgan fingerprint density at radius 3 is 1.24 bits per heavy atom. The largest absolute Gasteiger partial charge is 0.309 e. The molecule has 2 aromatic heterocycles. The standard InChI is InChI=1S/C45H28N4/c1-3-13-29(14-4-1)43-46-44(30-15-5-2-6-16-30)48-45(47-43)31-23-25-35-33-17-7-8-18-34(33)36-26-24-32(28-40(36)39(35)27-31)49-41-21-11-9-19-37(41)38-20-10-12-22-42(38)49/h1-28H. The molecule has 0 unspecified atom stereocenters. The zero-order valence-corrected chi connectivity index (χ0v) is 26.5. The lowest BCUT2D eigenvalue weighted by molar-refractivity contribution is 1.07. The summed E-state index contributed by atoms with van der Waals surface area (Å²) in [7, 11) is 0. The second-order valence-corrected chi connectivity index (χ2v) is 12.4. The molecule has 0 bridgehead atoms. The number of para-hydroxylation sites is 2. The summed E-state index contributed by atoms with van der Waals surface area (Å²) in [5.74, 6) is 1.96. The summed E-state index contributed by atoms with van der Waals surface area (Å²) < 4.78 is 2.39. The van der Waals surface area contributed by atoms with Crippen LogP contribution in [0.15, 0.2) is 170 Å². The van der Waals surface area contributed by atoms with Crippen LogP contribution >= 0.6 is 0 Å². The van der Waals surface area contributed by atoms with Crippen LogP contribution in [0.3, 0.4) is 0 Å². The van der Waals surface area contributed by atoms with Crippen molar-refractivity contribution >= 4 is 54.1 Å². The van der Waals surface area contributed by atoms with Gasteiger partial charge >= 0.3 is 0 Å². The molecule has 4 heteroatoms. The van der Waals surface area contributed by atoms with Gasteiger partial charge in [-0.05, 0) is 62.6 Å². The maximum atomic E-state index is 5.05. The molecular weight excluding hydrogens is 597 g/mol. The van der Waals surface area contributed by atoms with Crippen LogP contribution in [-0.4, -0.2) is 19.5 Å². The summed E-state index contributed by atoms with van der Waals surface area (Å²) in [6.07, 6.45) is 0. The lowest BCUT2D eigenvalue weighted by atomic mass is 9.93. The molecular formula is C45H28N4. The first-order chi connectivity index (χ1) is 24.3. The highest BCUT2D eigenvalue weighted by Crippen LogP contribution is 2.39. The quantitative estimate of drug-likeness (QED) is 0.183. The van der Waals surface area contributed by atoms with Gasteiger partial charge < -0.3 is 4.57 Å². The van der Waals surface area contributed by atoms with Crippen molar-refractivity contribution in [1.82, 2.24) is 19.5 Å². The van der Waals surface area contributed by atoms with Crippen LogP contribution in [0.5, 0.6) is 0 Å². The van der Waals surface area contributed by atoms with Crippen LogP contribution in [0.4, 0.5) is 0 Å². The van der Waals surface area contributed by atoms with Crippen molar-refractivity contribution in [3.8, 4) is 39.9 Å². The maximum absolute atomic E-state index is 5.05. The van der Waals surface area contributed by atoms with Gasteiger partial charge in [0.2, 0.25) is 0 Å². The summed E-state index contributed by atoms with van der Waals surface area (Å²) in [6.45, 7) is 0. The summed E-state index contributed by atoms with van der Waals surface area (Å²) >= 11 is 0. The van der Waals surface area contributed by atoms with Gasteiger partial charge in [-0.3, -0.25) is 0 Å². The maximum Gasteiger partial charge on any atom is 0.164 e. The molecule has 4 nitrogen and oxygen atoms in total. The Bertz CT molecular complexity index is 2760. The van der Waals surface area contributed by atoms with Crippen molar-refractivity contribution in [2.45, 2.75) is 0 Å². The first-order valence-corrected chi connectivity index (χ1v) is 16.5. The van der Waals surface area contributed by atoms with Gasteiger partial charge in [0, 0.05) is 33.2 Å². The van der Waals surface area contributed by atoms with Gasteiger partial charge in [0.05, 0.1) is 11.0 Å². The van der Waals surface area contributed by atoms with Gasteiger partial charge in [-0.25, -0.2) is 15.0 Å². The molecule has 228 valence electrons. The molecule has 0 aliphatic heterocycles. The van der Waals surface area contributed by atoms with E-state index in [1.165, 1.54) is 48.7 Å². The second kappa shape index (κ2) is 11.0. The third kappa shape index (κ3) is 4.42. The third-order valence-electron chi connectivity index (χ3n) is 9.62. The summed E-state index contributed by atoms with van der Waals surface area (Å²) in [4.78, 5) is 15.0. The molecule has 0 saturated carbocycles. The van der Waals surface area contributed by atoms with E-state index in [0.717, 1.165) is 27.8 Å². The van der Waals surface area contributed by atoms with E-state index in [0.29, 0.717) is 17.5 Å². The molecule has 8 aromatic carbocycles. The molecule has 10 rings (SSSR count). The van der Waals surface area contributed by atoms with Gasteiger partial charge in [0.1, 0.15) is 0 Å². The van der Waals surface area contributed by atoms with Gasteiger partial charge in [0.15, 0.2) is 17.5 Å². The Morgan fingerprint density at radius 2 is 0.694 bits per heavy atom. The van der Waals surface area contributed by atoms with E-state index in [4.69, 9.17) is 15.0 Å². The van der Waals surface area contributed by atoms with Gasteiger partial charge in [0.25, 0.3) is 0 Å². The monoisotopic (exact) mass is 624 g/mol. The van der Waals surface area contributed by atoms with Crippen molar-refractivity contribution in [2.24, 2.45) is 0 Å². The van der Waals surface area contributed by atoms with Crippen molar-refractivity contribution in [1.29, 1.82) is 0 Å². The molecule has 2 heterocycles. The molecule has 0 atom stereocenters. The zero-order valence-electron chi connectivity index (χ0n) is 26.5. The molecule has 10 aromatic rings. The molecule has 0 radical (unpaired) electrons. The first kappa shape index (κ1) is 27.5. The van der Waals surface area contributed by atoms with Gasteiger partial charge in [-0.1, -0.05) is 140 Å². The minimum Gasteiger partial charge on any atom is -0.309 e. The van der Waals surface area contributed by atoms with Crippen LogP contribution in [-0.2, 0) is 0 Å². The average Bonchev–Trinajstić information content (AvgIpc) is 3.52. The van der Waals surface area contributed by atoms with Crippen LogP contribution in [0.2, 0.25) is 0 Å². The topological polar surface area (TPSA) is 43.6 Å². The SMILES string of the molecule is c1ccc(-c2nc(-c3ccccc3)nc(-c3ccc4c5ccccc5c5ccc(-n6c7ccccc7c7ccccc76)cc5c4c3)n2)cc1. The Labute approximate surface area is 282 Å². The molecule has 49 heavy (non-hydrogen) atoms. The lowest BCUT2D eigenvalue weighted by Crippen LogP contribution is -2.00. The fraction of sp³-hybridized carbons (Fsp3) is 0. The normalized spacial score (nSPS) is 11.7.